The van der Waals surface area contributed by atoms with Crippen molar-refractivity contribution in [2.75, 3.05) is 5.32 Å². The Labute approximate surface area is 210 Å². The van der Waals surface area contributed by atoms with Crippen LogP contribution in [0.2, 0.25) is 0 Å². The number of rotatable bonds is 8. The molecule has 0 amide bonds. The number of anilines is 2. The minimum absolute atomic E-state index is 0. The van der Waals surface area contributed by atoms with Gasteiger partial charge in [-0.15, -0.1) is 29.8 Å². The summed E-state index contributed by atoms with van der Waals surface area (Å²) in [6.07, 6.45) is 5.42. The first-order valence-electron chi connectivity index (χ1n) is 11.7. The van der Waals surface area contributed by atoms with Gasteiger partial charge in [0.1, 0.15) is 11.6 Å². The molecular weight excluding hydrogens is 589 g/mol. The van der Waals surface area contributed by atoms with Gasteiger partial charge in [-0.1, -0.05) is 39.8 Å². The molecule has 177 valence electrons. The maximum Gasteiger partial charge on any atom is 0.143 e. The normalized spacial score (nSPS) is 11.2. The van der Waals surface area contributed by atoms with E-state index in [9.17, 15) is 9.59 Å². The Balaban J connectivity index is 0.000000230. The van der Waals surface area contributed by atoms with Crippen LogP contribution in [0.1, 0.15) is 59.8 Å². The van der Waals surface area contributed by atoms with Crippen molar-refractivity contribution >= 4 is 33.7 Å². The largest absolute Gasteiger partial charge is 0.396 e. The minimum Gasteiger partial charge on any atom is -0.396 e. The molecule has 0 unspecified atom stereocenters. The number of carbonyl (C=O) groups excluding carboxylic acids is 2. The molecule has 0 saturated carbocycles. The summed E-state index contributed by atoms with van der Waals surface area (Å²) in [6, 6.07) is 17.5. The molecule has 33 heavy (non-hydrogen) atoms. The molecule has 1 aromatic heterocycles. The summed E-state index contributed by atoms with van der Waals surface area (Å²) in [5, 5.41) is 5.83. The Morgan fingerprint density at radius 1 is 0.879 bits per heavy atom. The predicted molar refractivity (Wildman–Crippen MR) is 132 cm³/mol. The standard InChI is InChI=1S/C15H9N2.C13H24O2.Ir/c1-2-6-12-11(5-1)15-14-10(8-9-16-15)4-3-7-13(14)17-12;1-5-10(6-2)12(14)9-13(15)11(7-3)8-4;/h1-4,6-9,17H;10-11H,5-9H2,1-4H3;/q-1;;. The van der Waals surface area contributed by atoms with E-state index in [4.69, 9.17) is 0 Å². The number of nitrogens with zero attached hydrogens (tertiary/aromatic N) is 1. The Morgan fingerprint density at radius 3 is 2.09 bits per heavy atom. The maximum atomic E-state index is 11.7. The first-order chi connectivity index (χ1) is 15.5. The van der Waals surface area contributed by atoms with Crippen LogP contribution >= 0.6 is 0 Å². The van der Waals surface area contributed by atoms with Gasteiger partial charge in [-0.25, -0.2) is 0 Å². The third-order valence-corrected chi connectivity index (χ3v) is 6.38. The van der Waals surface area contributed by atoms with E-state index >= 15 is 0 Å². The molecule has 1 aliphatic rings. The third kappa shape index (κ3) is 6.16. The summed E-state index contributed by atoms with van der Waals surface area (Å²) in [5.74, 6) is 0.445. The van der Waals surface area contributed by atoms with Crippen LogP contribution in [0.25, 0.3) is 22.0 Å². The molecule has 2 heterocycles. The van der Waals surface area contributed by atoms with Crippen molar-refractivity contribution in [1.82, 2.24) is 4.98 Å². The van der Waals surface area contributed by atoms with Gasteiger partial charge in [-0.3, -0.25) is 9.59 Å². The average molecular weight is 622 g/mol. The Kier molecular flexibility index (Phi) is 10.4. The Hall–Kier alpha value is -2.36. The first-order valence-corrected chi connectivity index (χ1v) is 11.7. The summed E-state index contributed by atoms with van der Waals surface area (Å²) in [6.45, 7) is 8.03. The number of benzene rings is 2. The molecule has 2 aromatic carbocycles. The monoisotopic (exact) mass is 622 g/mol. The molecule has 4 nitrogen and oxygen atoms in total. The molecule has 0 fully saturated rings. The van der Waals surface area contributed by atoms with Gasteiger partial charge in [0.25, 0.3) is 0 Å². The van der Waals surface area contributed by atoms with E-state index in [0.29, 0.717) is 0 Å². The molecular formula is C28H33IrN2O2-. The quantitative estimate of drug-likeness (QED) is 0.168. The van der Waals surface area contributed by atoms with E-state index in [1.54, 1.807) is 0 Å². The topological polar surface area (TPSA) is 59.1 Å². The van der Waals surface area contributed by atoms with Crippen LogP contribution < -0.4 is 5.32 Å². The maximum absolute atomic E-state index is 11.7. The molecule has 4 rings (SSSR count). The van der Waals surface area contributed by atoms with Crippen molar-refractivity contribution in [2.24, 2.45) is 11.8 Å². The van der Waals surface area contributed by atoms with Crippen LogP contribution in [-0.4, -0.2) is 16.6 Å². The van der Waals surface area contributed by atoms with E-state index in [1.807, 2.05) is 52.1 Å². The van der Waals surface area contributed by atoms with Crippen LogP contribution in [0.3, 0.4) is 0 Å². The van der Waals surface area contributed by atoms with Gasteiger partial charge in [0.15, 0.2) is 0 Å². The zero-order valence-electron chi connectivity index (χ0n) is 19.9. The fourth-order valence-electron chi connectivity index (χ4n) is 4.35. The average Bonchev–Trinajstić information content (AvgIpc) is 2.81. The summed E-state index contributed by atoms with van der Waals surface area (Å²) < 4.78 is 0. The number of Topliss-reactive ketones (excluding diaryl/α,β-unsaturated/α-hetero) is 2. The van der Waals surface area contributed by atoms with Crippen molar-refractivity contribution in [1.29, 1.82) is 0 Å². The van der Waals surface area contributed by atoms with Gasteiger partial charge in [-0.05, 0) is 60.0 Å². The molecule has 1 radical (unpaired) electrons. The minimum atomic E-state index is 0. The van der Waals surface area contributed by atoms with Gasteiger partial charge in [-0.2, -0.15) is 0 Å². The van der Waals surface area contributed by atoms with Crippen molar-refractivity contribution in [2.45, 2.75) is 59.8 Å². The fourth-order valence-corrected chi connectivity index (χ4v) is 4.35. The summed E-state index contributed by atoms with van der Waals surface area (Å²) in [7, 11) is 0. The number of fused-ring (bicyclic) bond motifs is 2. The summed E-state index contributed by atoms with van der Waals surface area (Å²) in [4.78, 5) is 28.0. The number of aromatic nitrogens is 1. The zero-order chi connectivity index (χ0) is 23.1. The summed E-state index contributed by atoms with van der Waals surface area (Å²) >= 11 is 0. The number of ketones is 2. The van der Waals surface area contributed by atoms with Crippen LogP contribution in [-0.2, 0) is 29.7 Å². The predicted octanol–water partition coefficient (Wildman–Crippen LogP) is 7.14. The van der Waals surface area contributed by atoms with Crippen molar-refractivity contribution in [3.63, 3.8) is 0 Å². The molecule has 3 aromatic rings. The van der Waals surface area contributed by atoms with E-state index in [2.05, 4.69) is 40.6 Å². The second-order valence-electron chi connectivity index (χ2n) is 8.28. The molecule has 0 spiro atoms. The van der Waals surface area contributed by atoms with Crippen molar-refractivity contribution in [3.8, 4) is 11.3 Å². The second-order valence-corrected chi connectivity index (χ2v) is 8.28. The van der Waals surface area contributed by atoms with Crippen molar-refractivity contribution in [3.05, 3.63) is 54.7 Å². The van der Waals surface area contributed by atoms with Gasteiger partial charge in [0, 0.05) is 43.8 Å². The molecule has 0 atom stereocenters. The van der Waals surface area contributed by atoms with E-state index < -0.39 is 0 Å². The zero-order valence-corrected chi connectivity index (χ0v) is 22.3. The molecule has 1 N–H and O–H groups in total. The molecule has 1 aliphatic heterocycles. The van der Waals surface area contributed by atoms with Gasteiger partial charge in [0.2, 0.25) is 0 Å². The number of pyridine rings is 1. The van der Waals surface area contributed by atoms with Gasteiger partial charge in [0.05, 0.1) is 6.42 Å². The van der Waals surface area contributed by atoms with Crippen LogP contribution in [0, 0.1) is 17.9 Å². The number of hydrogen-bond acceptors (Lipinski definition) is 4. The first kappa shape index (κ1) is 26.9. The number of carbonyl (C=O) groups is 2. The van der Waals surface area contributed by atoms with Crippen LogP contribution in [0.4, 0.5) is 11.4 Å². The third-order valence-electron chi connectivity index (χ3n) is 6.38. The smallest absolute Gasteiger partial charge is 0.143 e. The van der Waals surface area contributed by atoms with E-state index in [-0.39, 0.29) is 49.9 Å². The number of nitrogens with one attached hydrogen (secondary N) is 1. The van der Waals surface area contributed by atoms with Gasteiger partial charge < -0.3 is 10.3 Å². The second kappa shape index (κ2) is 12.8. The Morgan fingerprint density at radius 2 is 1.48 bits per heavy atom. The molecule has 5 heteroatoms. The van der Waals surface area contributed by atoms with Crippen LogP contribution in [0.15, 0.2) is 48.7 Å². The molecule has 0 bridgehead atoms. The van der Waals surface area contributed by atoms with E-state index in [1.165, 1.54) is 10.8 Å². The SMILES string of the molecule is CCC(CC)C(=O)CC(=O)C(CC)CC.[Ir].[c-]1cccc2c1-c1nccc3cccc(c13)N2. The number of hydrogen-bond donors (Lipinski definition) is 1. The van der Waals surface area contributed by atoms with Crippen LogP contribution in [0.5, 0.6) is 0 Å². The fraction of sp³-hybridized carbons (Fsp3) is 0.393. The van der Waals surface area contributed by atoms with Crippen molar-refractivity contribution < 1.29 is 29.7 Å². The van der Waals surface area contributed by atoms with Gasteiger partial charge >= 0.3 is 0 Å². The molecule has 0 saturated heterocycles. The Bertz CT molecular complexity index is 1060. The molecule has 0 aliphatic carbocycles. The van der Waals surface area contributed by atoms with E-state index in [0.717, 1.165) is 48.3 Å². The summed E-state index contributed by atoms with van der Waals surface area (Å²) in [5.41, 5.74) is 4.27.